The first kappa shape index (κ1) is 59.5. The zero-order valence-electron chi connectivity index (χ0n) is 42.8. The van der Waals surface area contributed by atoms with Crippen LogP contribution in [0.5, 0.6) is 0 Å². The molecule has 0 saturated carbocycles. The minimum atomic E-state index is -3.37. The number of hydrogen-bond donors (Lipinski definition) is 1. The predicted octanol–water partition coefficient (Wildman–Crippen LogP) is 11.4. The molecule has 0 radical (unpaired) electrons. The van der Waals surface area contributed by atoms with Gasteiger partial charge in [0.15, 0.2) is 30.9 Å². The van der Waals surface area contributed by atoms with E-state index in [4.69, 9.17) is 50.9 Å². The number of esters is 4. The van der Waals surface area contributed by atoms with Crippen LogP contribution >= 0.6 is 63.7 Å². The fourth-order valence-electron chi connectivity index (χ4n) is 9.49. The highest BCUT2D eigenvalue weighted by Gasteiger charge is 2.63. The minimum Gasteiger partial charge on any atom is -0.459 e. The number of carbonyl (C=O) groups is 4. The Balaban J connectivity index is 1.35. The molecule has 3 saturated heterocycles. The normalized spacial score (nSPS) is 26.5. The molecular formula is C53H62Br4O16Si2. The van der Waals surface area contributed by atoms with Crippen LogP contribution in [0.1, 0.15) is 96.8 Å². The maximum Gasteiger partial charge on any atom is 0.338 e. The number of aliphatic hydroxyl groups is 1. The summed E-state index contributed by atoms with van der Waals surface area (Å²) in [6.07, 6.45) is -15.0. The smallest absolute Gasteiger partial charge is 0.338 e. The Bertz CT molecular complexity index is 2570. The summed E-state index contributed by atoms with van der Waals surface area (Å²) in [6.45, 7) is 15.9. The topological polar surface area (TPSA) is 190 Å². The van der Waals surface area contributed by atoms with Gasteiger partial charge in [0.1, 0.15) is 37.1 Å². The van der Waals surface area contributed by atoms with Crippen LogP contribution in [0.25, 0.3) is 0 Å². The third-order valence-corrected chi connectivity index (χ3v) is 25.9. The van der Waals surface area contributed by atoms with Gasteiger partial charge in [0.25, 0.3) is 0 Å². The molecule has 75 heavy (non-hydrogen) atoms. The summed E-state index contributed by atoms with van der Waals surface area (Å²) in [5.41, 5.74) is 0.233. The van der Waals surface area contributed by atoms with Crippen LogP contribution in [-0.2, 0) is 50.9 Å². The predicted molar refractivity (Wildman–Crippen MR) is 293 cm³/mol. The van der Waals surface area contributed by atoms with Crippen LogP contribution in [0.2, 0.25) is 22.2 Å². The highest BCUT2D eigenvalue weighted by molar-refractivity contribution is 9.11. The van der Waals surface area contributed by atoms with E-state index in [1.165, 1.54) is 43.5 Å². The monoisotopic (exact) mass is 1330 g/mol. The number of hydrogen-bond acceptors (Lipinski definition) is 16. The lowest BCUT2D eigenvalue weighted by molar-refractivity contribution is -0.362. The van der Waals surface area contributed by atoms with Crippen LogP contribution in [0, 0.1) is 0 Å². The second kappa shape index (κ2) is 25.7. The van der Waals surface area contributed by atoms with Gasteiger partial charge in [-0.2, -0.15) is 0 Å². The van der Waals surface area contributed by atoms with Crippen molar-refractivity contribution in [3.8, 4) is 0 Å². The van der Waals surface area contributed by atoms with Crippen LogP contribution in [0.4, 0.5) is 0 Å². The molecule has 7 rings (SSSR count). The first-order valence-corrected chi connectivity index (χ1v) is 31.7. The molecule has 0 amide bonds. The summed E-state index contributed by atoms with van der Waals surface area (Å²) in [4.78, 5) is 56.9. The highest BCUT2D eigenvalue weighted by Crippen LogP contribution is 2.48. The van der Waals surface area contributed by atoms with E-state index in [9.17, 15) is 24.3 Å². The molecule has 4 aromatic carbocycles. The van der Waals surface area contributed by atoms with E-state index < -0.39 is 109 Å². The third-order valence-electron chi connectivity index (χ3n) is 13.5. The molecule has 0 unspecified atom stereocenters. The van der Waals surface area contributed by atoms with Crippen molar-refractivity contribution < 1.29 is 75.1 Å². The summed E-state index contributed by atoms with van der Waals surface area (Å²) in [5.74, 6) is -3.49. The van der Waals surface area contributed by atoms with Crippen LogP contribution in [0.15, 0.2) is 115 Å². The fraction of sp³-hybridized carbons (Fsp3) is 0.472. The van der Waals surface area contributed by atoms with Gasteiger partial charge < -0.3 is 56.0 Å². The Labute approximate surface area is 473 Å². The van der Waals surface area contributed by atoms with Crippen molar-refractivity contribution in [3.05, 3.63) is 137 Å². The molecule has 3 fully saturated rings. The lowest BCUT2D eigenvalue weighted by atomic mass is 9.96. The number of benzene rings is 4. The molecule has 0 bridgehead atoms. The Morgan fingerprint density at radius 3 is 1.36 bits per heavy atom. The number of aliphatic hydroxyl groups excluding tert-OH is 1. The van der Waals surface area contributed by atoms with E-state index in [1.807, 2.05) is 27.7 Å². The maximum absolute atomic E-state index is 14.4. The first-order chi connectivity index (χ1) is 35.6. The maximum atomic E-state index is 14.4. The lowest BCUT2D eigenvalue weighted by Crippen LogP contribution is -2.71. The van der Waals surface area contributed by atoms with Crippen molar-refractivity contribution in [1.29, 1.82) is 0 Å². The number of carbonyl (C=O) groups excluding carboxylic acids is 4. The molecule has 22 heteroatoms. The standard InChI is InChI=1S/C53H62Br4O16Si2/c1-28(2)74(29(3)4)65-27-41-43(72-75(73-74,30(5)6)31(7)8)42(58)45(52(63-9)66-41)71-53-47(70-51(62)35-16-24-39(57)25-17-35)46(69-50(61)34-14-22-38(56)23-15-34)44(68-49(60)33-12-20-37(55)21-13-33)40(67-53)26-64-48(59)32-10-18-36(54)19-11-32/h10-25,28-31,40-47,52-53,58H,26-27H2,1-9H3/t40-,41-,42+,43-,44-,45-,46+,47-,52-,53+/m1/s1. The van der Waals surface area contributed by atoms with E-state index in [1.54, 1.807) is 60.7 Å². The largest absolute Gasteiger partial charge is 0.459 e. The summed E-state index contributed by atoms with van der Waals surface area (Å²) in [5, 5.41) is 12.8. The molecular weight excluding hydrogens is 1270 g/mol. The van der Waals surface area contributed by atoms with Crippen molar-refractivity contribution >= 4 is 105 Å². The number of ether oxygens (including phenoxy) is 8. The summed E-state index contributed by atoms with van der Waals surface area (Å²) >= 11 is 13.6. The summed E-state index contributed by atoms with van der Waals surface area (Å²) in [6, 6.07) is 25.3. The lowest BCUT2D eigenvalue weighted by Gasteiger charge is -2.55. The van der Waals surface area contributed by atoms with Gasteiger partial charge in [-0.15, -0.1) is 0 Å². The highest BCUT2D eigenvalue weighted by atomic mass is 79.9. The summed E-state index contributed by atoms with van der Waals surface area (Å²) < 4.78 is 75.3. The second-order valence-electron chi connectivity index (χ2n) is 19.7. The molecule has 406 valence electrons. The van der Waals surface area contributed by atoms with E-state index in [0.717, 1.165) is 4.47 Å². The average molecular weight is 1330 g/mol. The molecule has 0 aliphatic carbocycles. The van der Waals surface area contributed by atoms with Crippen molar-refractivity contribution in [3.63, 3.8) is 0 Å². The van der Waals surface area contributed by atoms with E-state index >= 15 is 0 Å². The van der Waals surface area contributed by atoms with Gasteiger partial charge in [-0.25, -0.2) is 19.2 Å². The Morgan fingerprint density at radius 2 is 0.947 bits per heavy atom. The molecule has 1 N–H and O–H groups in total. The van der Waals surface area contributed by atoms with Crippen LogP contribution in [-0.4, -0.2) is 128 Å². The van der Waals surface area contributed by atoms with Gasteiger partial charge in [0.05, 0.1) is 28.9 Å². The molecule has 0 spiro atoms. The van der Waals surface area contributed by atoms with Crippen LogP contribution in [0.3, 0.4) is 0 Å². The van der Waals surface area contributed by atoms with Crippen molar-refractivity contribution in [2.24, 2.45) is 0 Å². The molecule has 3 heterocycles. The fourth-order valence-corrected chi connectivity index (χ4v) is 21.8. The van der Waals surface area contributed by atoms with Crippen molar-refractivity contribution in [2.75, 3.05) is 20.3 Å². The number of rotatable bonds is 16. The number of methoxy groups -OCH3 is 1. The molecule has 4 aromatic rings. The molecule has 16 nitrogen and oxygen atoms in total. The average Bonchev–Trinajstić information content (AvgIpc) is 3.36. The quantitative estimate of drug-likeness (QED) is 0.0633. The zero-order valence-corrected chi connectivity index (χ0v) is 51.2. The second-order valence-corrected chi connectivity index (χ2v) is 32.2. The van der Waals surface area contributed by atoms with Gasteiger partial charge >= 0.3 is 41.0 Å². The van der Waals surface area contributed by atoms with Gasteiger partial charge in [-0.1, -0.05) is 119 Å². The van der Waals surface area contributed by atoms with Crippen molar-refractivity contribution in [1.82, 2.24) is 0 Å². The first-order valence-electron chi connectivity index (χ1n) is 24.6. The molecule has 3 aliphatic rings. The summed E-state index contributed by atoms with van der Waals surface area (Å²) in [7, 11) is -5.04. The van der Waals surface area contributed by atoms with Crippen LogP contribution < -0.4 is 0 Å². The third kappa shape index (κ3) is 13.6. The van der Waals surface area contributed by atoms with Gasteiger partial charge in [-0.3, -0.25) is 0 Å². The number of halogens is 4. The minimum absolute atomic E-state index is 0.00375. The molecule has 3 aliphatic heterocycles. The van der Waals surface area contributed by atoms with Gasteiger partial charge in [0.2, 0.25) is 0 Å². The van der Waals surface area contributed by atoms with E-state index in [0.29, 0.717) is 13.4 Å². The van der Waals surface area contributed by atoms with E-state index in [2.05, 4.69) is 91.4 Å². The SMILES string of the molecule is CO[C@@H]1O[C@@H]2CO[Si](C(C)C)(C(C)C)O[Si](C(C)C)(C(C)C)O[C@H]2[C@H](O)[C@H]1O[C@@H]1O[C@H](COC(=O)c2ccc(Br)cc2)[C@@H](OC(=O)c2ccc(Br)cc2)[C@H](OC(=O)c2ccc(Br)cc2)[C@H]1OC(=O)c1ccc(Br)cc1. The number of fused-ring (bicyclic) bond motifs is 1. The molecule has 10 atom stereocenters. The van der Waals surface area contributed by atoms with Gasteiger partial charge in [-0.05, 0) is 119 Å². The van der Waals surface area contributed by atoms with Crippen molar-refractivity contribution in [2.45, 2.75) is 139 Å². The Kier molecular flexibility index (Phi) is 20.4. The zero-order chi connectivity index (χ0) is 54.5. The Hall–Kier alpha value is -3.21. The Morgan fingerprint density at radius 1 is 0.547 bits per heavy atom. The van der Waals surface area contributed by atoms with Gasteiger partial charge in [0, 0.05) is 25.0 Å². The molecule has 0 aromatic heterocycles. The van der Waals surface area contributed by atoms with E-state index in [-0.39, 0.29) is 51.0 Å².